The molecule has 9 heteroatoms. The van der Waals surface area contributed by atoms with Gasteiger partial charge in [0, 0.05) is 6.07 Å². The Hall–Kier alpha value is -1.90. The van der Waals surface area contributed by atoms with E-state index in [4.69, 9.17) is 10.3 Å². The van der Waals surface area contributed by atoms with Crippen LogP contribution in [0, 0.1) is 10.1 Å². The summed E-state index contributed by atoms with van der Waals surface area (Å²) in [5.41, 5.74) is 2.81. The fraction of sp³-hybridized carbons (Fsp3) is 0.167. The monoisotopic (exact) mass is 229 g/mol. The van der Waals surface area contributed by atoms with Crippen LogP contribution in [0.4, 0.5) is 11.8 Å². The molecule has 0 spiro atoms. The molecule has 80 valence electrons. The molecular weight excluding hydrogens is 222 g/mol. The summed E-state index contributed by atoms with van der Waals surface area (Å²) >= 11 is 1.37. The molecule has 1 saturated heterocycles. The Morgan fingerprint density at radius 2 is 2.53 bits per heavy atom. The minimum absolute atomic E-state index is 0.296. The molecule has 0 atom stereocenters. The molecule has 0 aliphatic carbocycles. The van der Waals surface area contributed by atoms with Crippen molar-refractivity contribution in [3.8, 4) is 0 Å². The Morgan fingerprint density at radius 3 is 3.07 bits per heavy atom. The van der Waals surface area contributed by atoms with Crippen LogP contribution in [0.15, 0.2) is 21.7 Å². The van der Waals surface area contributed by atoms with Crippen LogP contribution in [-0.4, -0.2) is 16.0 Å². The van der Waals surface area contributed by atoms with E-state index in [2.05, 4.69) is 10.5 Å². The average Bonchev–Trinajstić information content (AvgIpc) is 2.86. The maximum Gasteiger partial charge on any atom is 0.434 e. The van der Waals surface area contributed by atoms with Gasteiger partial charge in [-0.3, -0.25) is 15.5 Å². The van der Waals surface area contributed by atoms with E-state index in [-0.39, 0.29) is 5.88 Å². The molecule has 1 aliphatic rings. The van der Waals surface area contributed by atoms with Gasteiger partial charge in [-0.15, -0.1) is 0 Å². The summed E-state index contributed by atoms with van der Waals surface area (Å²) in [5, 5.41) is 15.9. The van der Waals surface area contributed by atoms with Gasteiger partial charge in [-0.25, -0.2) is 5.01 Å². The molecule has 2 heterocycles. The van der Waals surface area contributed by atoms with Crippen molar-refractivity contribution >= 4 is 28.7 Å². The predicted molar refractivity (Wildman–Crippen MR) is 55.1 cm³/mol. The van der Waals surface area contributed by atoms with Crippen molar-refractivity contribution in [3.63, 3.8) is 0 Å². The molecule has 0 radical (unpaired) electrons. The Bertz CT molecular complexity index is 417. The number of nitrogens with zero attached hydrogens (tertiary/aromatic N) is 3. The molecule has 8 nitrogen and oxygen atoms in total. The van der Waals surface area contributed by atoms with Crippen molar-refractivity contribution in [2.75, 3.05) is 10.9 Å². The first-order chi connectivity index (χ1) is 7.20. The highest BCUT2D eigenvalue weighted by molar-refractivity contribution is 8.14. The molecule has 0 unspecified atom stereocenters. The number of nitrogens with two attached hydrogens (primary N) is 1. The molecule has 0 saturated carbocycles. The van der Waals surface area contributed by atoms with Crippen molar-refractivity contribution in [2.45, 2.75) is 0 Å². The molecule has 2 rings (SSSR count). The number of anilines is 1. The van der Waals surface area contributed by atoms with Gasteiger partial charge in [0.05, 0.1) is 11.9 Å². The second-order valence-electron chi connectivity index (χ2n) is 2.62. The highest BCUT2D eigenvalue weighted by atomic mass is 32.2. The van der Waals surface area contributed by atoms with Gasteiger partial charge < -0.3 is 10.3 Å². The number of nitrogens with one attached hydrogen (secondary N) is 1. The molecular formula is C6H7N5O3S. The number of furan rings is 1. The SMILES string of the molecule is NN=C1NN(c2ccc([N+](=O)[O-])o2)CS1. The number of hydrazine groups is 1. The number of nitro groups is 1. The highest BCUT2D eigenvalue weighted by Crippen LogP contribution is 2.26. The van der Waals surface area contributed by atoms with Crippen LogP contribution in [0.5, 0.6) is 0 Å². The lowest BCUT2D eigenvalue weighted by Crippen LogP contribution is -2.33. The topological polar surface area (TPSA) is 110 Å². The van der Waals surface area contributed by atoms with Crippen molar-refractivity contribution in [3.05, 3.63) is 22.2 Å². The van der Waals surface area contributed by atoms with Gasteiger partial charge in [0.25, 0.3) is 0 Å². The molecule has 0 bridgehead atoms. The number of hydrazone groups is 1. The zero-order chi connectivity index (χ0) is 10.8. The first-order valence-corrected chi connectivity index (χ1v) is 4.88. The predicted octanol–water partition coefficient (Wildman–Crippen LogP) is 0.433. The summed E-state index contributed by atoms with van der Waals surface area (Å²) < 4.78 is 4.98. The van der Waals surface area contributed by atoms with E-state index in [0.717, 1.165) is 0 Å². The normalized spacial score (nSPS) is 18.1. The maximum atomic E-state index is 10.4. The maximum absolute atomic E-state index is 10.4. The Balaban J connectivity index is 2.14. The standard InChI is InChI=1S/C6H7N5O3S/c7-8-6-9-10(3-15-6)4-1-2-5(14-4)11(12)13/h1-2H,3,7H2,(H,8,9). The number of rotatable bonds is 2. The van der Waals surface area contributed by atoms with Gasteiger partial charge in [-0.2, -0.15) is 5.10 Å². The summed E-state index contributed by atoms with van der Waals surface area (Å²) in [6.07, 6.45) is 0. The number of hydrogen-bond donors (Lipinski definition) is 2. The van der Waals surface area contributed by atoms with E-state index in [9.17, 15) is 10.1 Å². The van der Waals surface area contributed by atoms with Gasteiger partial charge in [0.2, 0.25) is 11.1 Å². The molecule has 1 aliphatic heterocycles. The second-order valence-corrected chi connectivity index (χ2v) is 3.55. The first-order valence-electron chi connectivity index (χ1n) is 3.90. The lowest BCUT2D eigenvalue weighted by Gasteiger charge is -2.11. The lowest BCUT2D eigenvalue weighted by molar-refractivity contribution is -0.401. The molecule has 1 aromatic rings. The molecule has 3 N–H and O–H groups in total. The summed E-state index contributed by atoms with van der Waals surface area (Å²) in [5.74, 6) is 5.65. The molecule has 1 aromatic heterocycles. The third-order valence-corrected chi connectivity index (χ3v) is 2.56. The van der Waals surface area contributed by atoms with Gasteiger partial charge in [-0.05, 0) is 0 Å². The average molecular weight is 229 g/mol. The largest absolute Gasteiger partial charge is 0.434 e. The summed E-state index contributed by atoms with van der Waals surface area (Å²) in [7, 11) is 0. The molecule has 15 heavy (non-hydrogen) atoms. The quantitative estimate of drug-likeness (QED) is 0.430. The van der Waals surface area contributed by atoms with Crippen molar-refractivity contribution in [1.82, 2.24) is 5.43 Å². The third kappa shape index (κ3) is 1.81. The van der Waals surface area contributed by atoms with E-state index in [0.29, 0.717) is 16.9 Å². The van der Waals surface area contributed by atoms with Gasteiger partial charge >= 0.3 is 5.88 Å². The molecule has 1 fully saturated rings. The molecule has 0 amide bonds. The Kier molecular flexibility index (Phi) is 2.37. The minimum atomic E-state index is -0.593. The summed E-state index contributed by atoms with van der Waals surface area (Å²) in [6.45, 7) is 0. The van der Waals surface area contributed by atoms with Crippen LogP contribution in [0.1, 0.15) is 0 Å². The summed E-state index contributed by atoms with van der Waals surface area (Å²) in [6, 6.07) is 2.80. The molecule has 0 aromatic carbocycles. The lowest BCUT2D eigenvalue weighted by atomic mass is 10.6. The smallest absolute Gasteiger partial charge is 0.383 e. The second kappa shape index (κ2) is 3.69. The number of thioether (sulfide) groups is 1. The number of hydrogen-bond acceptors (Lipinski definition) is 7. The van der Waals surface area contributed by atoms with E-state index >= 15 is 0 Å². The van der Waals surface area contributed by atoms with Crippen molar-refractivity contribution in [1.29, 1.82) is 0 Å². The van der Waals surface area contributed by atoms with Crippen LogP contribution in [-0.2, 0) is 0 Å². The van der Waals surface area contributed by atoms with Gasteiger partial charge in [-0.1, -0.05) is 11.8 Å². The van der Waals surface area contributed by atoms with Crippen molar-refractivity contribution < 1.29 is 9.34 Å². The van der Waals surface area contributed by atoms with Crippen LogP contribution < -0.4 is 16.3 Å². The van der Waals surface area contributed by atoms with E-state index in [1.165, 1.54) is 23.9 Å². The number of amidine groups is 1. The van der Waals surface area contributed by atoms with Crippen LogP contribution in [0.25, 0.3) is 0 Å². The van der Waals surface area contributed by atoms with E-state index in [1.54, 1.807) is 5.01 Å². The fourth-order valence-corrected chi connectivity index (χ4v) is 1.74. The van der Waals surface area contributed by atoms with Crippen LogP contribution >= 0.6 is 11.8 Å². The van der Waals surface area contributed by atoms with E-state index < -0.39 is 4.92 Å². The zero-order valence-electron chi connectivity index (χ0n) is 7.41. The third-order valence-electron chi connectivity index (χ3n) is 1.70. The fourth-order valence-electron chi connectivity index (χ4n) is 1.05. The first kappa shape index (κ1) is 9.65. The van der Waals surface area contributed by atoms with Gasteiger partial charge in [0.1, 0.15) is 4.92 Å². The zero-order valence-corrected chi connectivity index (χ0v) is 8.23. The Labute approximate surface area is 88.2 Å². The van der Waals surface area contributed by atoms with E-state index in [1.807, 2.05) is 0 Å². The van der Waals surface area contributed by atoms with Crippen LogP contribution in [0.3, 0.4) is 0 Å². The minimum Gasteiger partial charge on any atom is -0.383 e. The Morgan fingerprint density at radius 1 is 1.73 bits per heavy atom. The van der Waals surface area contributed by atoms with Gasteiger partial charge in [0.15, 0.2) is 0 Å². The van der Waals surface area contributed by atoms with Crippen LogP contribution in [0.2, 0.25) is 0 Å². The highest BCUT2D eigenvalue weighted by Gasteiger charge is 2.23. The van der Waals surface area contributed by atoms with Crippen molar-refractivity contribution in [2.24, 2.45) is 10.9 Å². The summed E-state index contributed by atoms with van der Waals surface area (Å²) in [4.78, 5) is 9.78.